The summed E-state index contributed by atoms with van der Waals surface area (Å²) in [5, 5.41) is 0. The molecule has 3 heteroatoms. The molecule has 2 unspecified atom stereocenters. The molecule has 0 spiro atoms. The Labute approximate surface area is 163 Å². The van der Waals surface area contributed by atoms with E-state index in [1.807, 2.05) is 54.6 Å². The number of ether oxygens (including phenoxy) is 2. The summed E-state index contributed by atoms with van der Waals surface area (Å²) in [5.74, 6) is 0.598. The second-order valence-corrected chi connectivity index (χ2v) is 7.08. The monoisotopic (exact) mass is 368 g/mol. The highest BCUT2D eigenvalue weighted by Gasteiger charge is 2.29. The number of para-hydroxylation sites is 1. The van der Waals surface area contributed by atoms with Crippen molar-refractivity contribution in [2.24, 2.45) is 5.92 Å². The second kappa shape index (κ2) is 11.4. The number of unbranched alkanes of at least 4 members (excludes halogenated alkanes) is 3. The maximum Gasteiger partial charge on any atom is 0.309 e. The van der Waals surface area contributed by atoms with Crippen molar-refractivity contribution >= 4 is 5.97 Å². The molecule has 146 valence electrons. The van der Waals surface area contributed by atoms with Crippen LogP contribution in [0.15, 0.2) is 54.6 Å². The Morgan fingerprint density at radius 1 is 0.963 bits per heavy atom. The van der Waals surface area contributed by atoms with Crippen LogP contribution in [0.2, 0.25) is 0 Å². The number of methoxy groups -OCH3 is 1. The fraction of sp³-hybridized carbons (Fsp3) is 0.458. The van der Waals surface area contributed by atoms with Crippen molar-refractivity contribution in [3.05, 3.63) is 65.7 Å². The Morgan fingerprint density at radius 3 is 2.37 bits per heavy atom. The van der Waals surface area contributed by atoms with Crippen LogP contribution in [0, 0.1) is 5.92 Å². The maximum atomic E-state index is 12.9. The van der Waals surface area contributed by atoms with Crippen molar-refractivity contribution < 1.29 is 14.3 Å². The summed E-state index contributed by atoms with van der Waals surface area (Å²) in [5.41, 5.74) is 2.08. The van der Waals surface area contributed by atoms with Crippen molar-refractivity contribution in [1.29, 1.82) is 0 Å². The minimum Gasteiger partial charge on any atom is -0.496 e. The van der Waals surface area contributed by atoms with E-state index in [1.165, 1.54) is 12.8 Å². The number of hydrogen-bond donors (Lipinski definition) is 0. The van der Waals surface area contributed by atoms with E-state index < -0.39 is 0 Å². The standard InChI is InChI=1S/C24H32O3/c1-4-5-6-10-16-22(19(2)21-15-11-12-17-23(21)26-3)24(25)27-18-20-13-8-7-9-14-20/h7-9,11-15,17,19,22H,4-6,10,16,18H2,1-3H3. The molecule has 27 heavy (non-hydrogen) atoms. The molecular weight excluding hydrogens is 336 g/mol. The van der Waals surface area contributed by atoms with Gasteiger partial charge in [0.15, 0.2) is 0 Å². The van der Waals surface area contributed by atoms with Crippen molar-refractivity contribution in [3.63, 3.8) is 0 Å². The summed E-state index contributed by atoms with van der Waals surface area (Å²) in [6.07, 6.45) is 5.42. The predicted octanol–water partition coefficient (Wildman–Crippen LogP) is 6.13. The van der Waals surface area contributed by atoms with Crippen LogP contribution in [-0.4, -0.2) is 13.1 Å². The van der Waals surface area contributed by atoms with Gasteiger partial charge < -0.3 is 9.47 Å². The smallest absolute Gasteiger partial charge is 0.309 e. The van der Waals surface area contributed by atoms with Gasteiger partial charge in [0.25, 0.3) is 0 Å². The number of carbonyl (C=O) groups excluding carboxylic acids is 1. The minimum atomic E-state index is -0.165. The van der Waals surface area contributed by atoms with E-state index in [2.05, 4.69) is 13.8 Å². The fourth-order valence-electron chi connectivity index (χ4n) is 3.46. The van der Waals surface area contributed by atoms with E-state index in [0.29, 0.717) is 6.61 Å². The summed E-state index contributed by atoms with van der Waals surface area (Å²) in [7, 11) is 1.68. The number of hydrogen-bond acceptors (Lipinski definition) is 3. The molecular formula is C24H32O3. The van der Waals surface area contributed by atoms with Crippen LogP contribution in [0.25, 0.3) is 0 Å². The molecule has 0 saturated heterocycles. The van der Waals surface area contributed by atoms with E-state index in [0.717, 1.165) is 36.1 Å². The van der Waals surface area contributed by atoms with Gasteiger partial charge in [-0.3, -0.25) is 4.79 Å². The highest BCUT2D eigenvalue weighted by Crippen LogP contribution is 2.35. The van der Waals surface area contributed by atoms with Gasteiger partial charge in [-0.25, -0.2) is 0 Å². The van der Waals surface area contributed by atoms with Gasteiger partial charge in [0, 0.05) is 0 Å². The molecule has 2 aromatic carbocycles. The quantitative estimate of drug-likeness (QED) is 0.353. The molecule has 2 aromatic rings. The summed E-state index contributed by atoms with van der Waals surface area (Å²) < 4.78 is 11.2. The first-order valence-electron chi connectivity index (χ1n) is 10.0. The topological polar surface area (TPSA) is 35.5 Å². The van der Waals surface area contributed by atoms with Crippen LogP contribution in [0.4, 0.5) is 0 Å². The van der Waals surface area contributed by atoms with Crippen molar-refractivity contribution in [2.75, 3.05) is 7.11 Å². The lowest BCUT2D eigenvalue weighted by atomic mass is 9.83. The molecule has 0 radical (unpaired) electrons. The lowest BCUT2D eigenvalue weighted by Gasteiger charge is -2.24. The van der Waals surface area contributed by atoms with Gasteiger partial charge in [0.05, 0.1) is 13.0 Å². The van der Waals surface area contributed by atoms with Gasteiger partial charge in [0.2, 0.25) is 0 Å². The third-order valence-electron chi connectivity index (χ3n) is 5.13. The summed E-state index contributed by atoms with van der Waals surface area (Å²) in [4.78, 5) is 12.9. The Morgan fingerprint density at radius 2 is 1.67 bits per heavy atom. The average Bonchev–Trinajstić information content (AvgIpc) is 2.72. The lowest BCUT2D eigenvalue weighted by Crippen LogP contribution is -2.23. The molecule has 2 atom stereocenters. The van der Waals surface area contributed by atoms with Crippen LogP contribution in [0.5, 0.6) is 5.75 Å². The molecule has 0 aromatic heterocycles. The number of benzene rings is 2. The first-order chi connectivity index (χ1) is 13.2. The number of esters is 1. The van der Waals surface area contributed by atoms with Gasteiger partial charge in [-0.1, -0.05) is 88.1 Å². The van der Waals surface area contributed by atoms with Crippen molar-refractivity contribution in [2.45, 2.75) is 58.5 Å². The maximum absolute atomic E-state index is 12.9. The van der Waals surface area contributed by atoms with Crippen molar-refractivity contribution in [1.82, 2.24) is 0 Å². The van der Waals surface area contributed by atoms with Crippen LogP contribution >= 0.6 is 0 Å². The highest BCUT2D eigenvalue weighted by atomic mass is 16.5. The molecule has 0 aliphatic rings. The van der Waals surface area contributed by atoms with Gasteiger partial charge >= 0.3 is 5.97 Å². The molecule has 0 N–H and O–H groups in total. The average molecular weight is 369 g/mol. The molecule has 0 aliphatic carbocycles. The van der Waals surface area contributed by atoms with Gasteiger partial charge in [-0.15, -0.1) is 0 Å². The lowest BCUT2D eigenvalue weighted by molar-refractivity contribution is -0.151. The molecule has 0 amide bonds. The number of carbonyl (C=O) groups is 1. The third kappa shape index (κ3) is 6.42. The molecule has 0 bridgehead atoms. The molecule has 0 fully saturated rings. The van der Waals surface area contributed by atoms with Crippen LogP contribution < -0.4 is 4.74 Å². The zero-order chi connectivity index (χ0) is 19.5. The van der Waals surface area contributed by atoms with E-state index in [1.54, 1.807) is 7.11 Å². The zero-order valence-electron chi connectivity index (χ0n) is 16.8. The third-order valence-corrected chi connectivity index (χ3v) is 5.13. The van der Waals surface area contributed by atoms with E-state index in [9.17, 15) is 4.79 Å². The second-order valence-electron chi connectivity index (χ2n) is 7.08. The molecule has 0 saturated carbocycles. The first kappa shape index (κ1) is 21.0. The van der Waals surface area contributed by atoms with Gasteiger partial charge in [-0.2, -0.15) is 0 Å². The Hall–Kier alpha value is -2.29. The van der Waals surface area contributed by atoms with Crippen LogP contribution in [0.1, 0.15) is 63.0 Å². The summed E-state index contributed by atoms with van der Waals surface area (Å²) in [6.45, 7) is 4.62. The van der Waals surface area contributed by atoms with Crippen molar-refractivity contribution in [3.8, 4) is 5.75 Å². The molecule has 3 nitrogen and oxygen atoms in total. The summed E-state index contributed by atoms with van der Waals surface area (Å²) in [6, 6.07) is 17.8. The zero-order valence-corrected chi connectivity index (χ0v) is 16.8. The Bertz CT molecular complexity index is 681. The highest BCUT2D eigenvalue weighted by molar-refractivity contribution is 5.74. The fourth-order valence-corrected chi connectivity index (χ4v) is 3.46. The predicted molar refractivity (Wildman–Crippen MR) is 110 cm³/mol. The van der Waals surface area contributed by atoms with E-state index in [-0.39, 0.29) is 17.8 Å². The first-order valence-corrected chi connectivity index (χ1v) is 10.0. The SMILES string of the molecule is CCCCCCC(C(=O)OCc1ccccc1)C(C)c1ccccc1OC. The molecule has 0 aliphatic heterocycles. The van der Waals surface area contributed by atoms with Gasteiger partial charge in [-0.05, 0) is 29.5 Å². The Kier molecular flexibility index (Phi) is 8.90. The normalized spacial score (nSPS) is 13.0. The van der Waals surface area contributed by atoms with E-state index >= 15 is 0 Å². The Balaban J connectivity index is 2.10. The minimum absolute atomic E-state index is 0.0473. The van der Waals surface area contributed by atoms with Crippen LogP contribution in [-0.2, 0) is 16.1 Å². The largest absolute Gasteiger partial charge is 0.496 e. The van der Waals surface area contributed by atoms with Gasteiger partial charge in [0.1, 0.15) is 12.4 Å². The molecule has 2 rings (SSSR count). The number of rotatable bonds is 11. The van der Waals surface area contributed by atoms with Crippen LogP contribution in [0.3, 0.4) is 0 Å². The van der Waals surface area contributed by atoms with E-state index in [4.69, 9.17) is 9.47 Å². The summed E-state index contributed by atoms with van der Waals surface area (Å²) >= 11 is 0. The molecule has 0 heterocycles.